The van der Waals surface area contributed by atoms with Gasteiger partial charge in [-0.3, -0.25) is 4.79 Å². The Balaban J connectivity index is 2.53. The number of ether oxygens (including phenoxy) is 3. The van der Waals surface area contributed by atoms with Crippen molar-refractivity contribution in [2.75, 3.05) is 34.4 Å². The molecule has 1 aromatic rings. The van der Waals surface area contributed by atoms with E-state index in [1.807, 2.05) is 25.1 Å². The summed E-state index contributed by atoms with van der Waals surface area (Å²) >= 11 is 0. The predicted octanol–water partition coefficient (Wildman–Crippen LogP) is 0.672. The van der Waals surface area contributed by atoms with Crippen molar-refractivity contribution >= 4 is 5.97 Å². The van der Waals surface area contributed by atoms with Crippen LogP contribution in [0.1, 0.15) is 18.9 Å². The fraction of sp³-hybridized carbons (Fsp3) is 0.533. The number of rotatable bonds is 8. The second kappa shape index (κ2) is 8.43. The van der Waals surface area contributed by atoms with Gasteiger partial charge in [-0.25, -0.2) is 0 Å². The summed E-state index contributed by atoms with van der Waals surface area (Å²) in [5.41, 5.74) is 1.14. The molecular weight excluding hydrogens is 258 g/mol. The van der Waals surface area contributed by atoms with Crippen molar-refractivity contribution in [1.82, 2.24) is 0 Å². The lowest BCUT2D eigenvalue weighted by Crippen LogP contribution is -3.07. The zero-order valence-electron chi connectivity index (χ0n) is 12.7. The quantitative estimate of drug-likeness (QED) is 0.712. The molecule has 0 saturated carbocycles. The number of carbonyl (C=O) groups is 1. The van der Waals surface area contributed by atoms with Crippen molar-refractivity contribution in [2.45, 2.75) is 19.9 Å². The Kier molecular flexibility index (Phi) is 6.87. The highest BCUT2D eigenvalue weighted by Crippen LogP contribution is 2.27. The molecule has 0 radical (unpaired) electrons. The zero-order valence-corrected chi connectivity index (χ0v) is 12.7. The van der Waals surface area contributed by atoms with Crippen LogP contribution in [-0.4, -0.2) is 40.4 Å². The summed E-state index contributed by atoms with van der Waals surface area (Å²) < 4.78 is 15.4. The first kappa shape index (κ1) is 16.3. The maximum atomic E-state index is 11.3. The van der Waals surface area contributed by atoms with Gasteiger partial charge in [0.25, 0.3) is 0 Å². The molecule has 0 aliphatic rings. The molecule has 20 heavy (non-hydrogen) atoms. The minimum Gasteiger partial charge on any atom is -0.493 e. The molecule has 5 heteroatoms. The van der Waals surface area contributed by atoms with Gasteiger partial charge in [0.05, 0.1) is 40.8 Å². The molecule has 1 unspecified atom stereocenters. The molecule has 0 spiro atoms. The number of hydrogen-bond donors (Lipinski definition) is 1. The highest BCUT2D eigenvalue weighted by Gasteiger charge is 2.11. The van der Waals surface area contributed by atoms with Crippen molar-refractivity contribution in [3.8, 4) is 11.5 Å². The van der Waals surface area contributed by atoms with E-state index in [4.69, 9.17) is 14.2 Å². The van der Waals surface area contributed by atoms with E-state index >= 15 is 0 Å². The Hall–Kier alpha value is -1.75. The van der Waals surface area contributed by atoms with Gasteiger partial charge in [-0.05, 0) is 25.1 Å². The molecule has 1 N–H and O–H groups in total. The molecule has 0 saturated heterocycles. The largest absolute Gasteiger partial charge is 0.493 e. The minimum atomic E-state index is -0.140. The van der Waals surface area contributed by atoms with Gasteiger partial charge < -0.3 is 19.1 Å². The SMILES string of the molecule is CCOC(=O)CC[NH+](C)Cc1ccc(OC)c(OC)c1. The standard InChI is InChI=1S/C15H23NO4/c1-5-20-15(17)8-9-16(2)11-12-6-7-13(18-3)14(10-12)19-4/h6-7,10H,5,8-9,11H2,1-4H3/p+1. The van der Waals surface area contributed by atoms with Crippen LogP contribution in [-0.2, 0) is 16.1 Å². The number of hydrogen-bond acceptors (Lipinski definition) is 4. The minimum absolute atomic E-state index is 0.140. The van der Waals surface area contributed by atoms with Crippen molar-refractivity contribution < 1.29 is 23.9 Å². The number of methoxy groups -OCH3 is 2. The normalized spacial score (nSPS) is 11.8. The average Bonchev–Trinajstić information content (AvgIpc) is 2.45. The van der Waals surface area contributed by atoms with Crippen LogP contribution in [0, 0.1) is 0 Å². The Labute approximate surface area is 120 Å². The molecule has 1 atom stereocenters. The first-order chi connectivity index (χ1) is 9.60. The summed E-state index contributed by atoms with van der Waals surface area (Å²) in [6.07, 6.45) is 0.437. The number of esters is 1. The highest BCUT2D eigenvalue weighted by molar-refractivity contribution is 5.69. The number of carbonyl (C=O) groups excluding carboxylic acids is 1. The van der Waals surface area contributed by atoms with E-state index in [1.54, 1.807) is 14.2 Å². The number of benzene rings is 1. The topological polar surface area (TPSA) is 49.2 Å². The fourth-order valence-corrected chi connectivity index (χ4v) is 1.98. The van der Waals surface area contributed by atoms with Crippen LogP contribution in [0.4, 0.5) is 0 Å². The molecule has 0 aromatic heterocycles. The molecular formula is C15H24NO4+. The number of quaternary nitrogens is 1. The lowest BCUT2D eigenvalue weighted by Gasteiger charge is -2.15. The van der Waals surface area contributed by atoms with Gasteiger partial charge in [0.1, 0.15) is 6.54 Å². The molecule has 0 fully saturated rings. The third-order valence-electron chi connectivity index (χ3n) is 3.02. The smallest absolute Gasteiger partial charge is 0.311 e. The maximum absolute atomic E-state index is 11.3. The fourth-order valence-electron chi connectivity index (χ4n) is 1.98. The first-order valence-electron chi connectivity index (χ1n) is 6.78. The average molecular weight is 282 g/mol. The molecule has 0 aliphatic carbocycles. The third-order valence-corrected chi connectivity index (χ3v) is 3.02. The molecule has 0 heterocycles. The monoisotopic (exact) mass is 282 g/mol. The van der Waals surface area contributed by atoms with E-state index in [9.17, 15) is 4.79 Å². The molecule has 5 nitrogen and oxygen atoms in total. The van der Waals surface area contributed by atoms with Gasteiger partial charge in [0.15, 0.2) is 11.5 Å². The van der Waals surface area contributed by atoms with Gasteiger partial charge in [0.2, 0.25) is 0 Å². The van der Waals surface area contributed by atoms with Crippen molar-refractivity contribution in [3.05, 3.63) is 23.8 Å². The van der Waals surface area contributed by atoms with Crippen LogP contribution in [0.5, 0.6) is 11.5 Å². The van der Waals surface area contributed by atoms with Gasteiger partial charge >= 0.3 is 5.97 Å². The molecule has 1 aromatic carbocycles. The van der Waals surface area contributed by atoms with Crippen molar-refractivity contribution in [1.29, 1.82) is 0 Å². The van der Waals surface area contributed by atoms with Gasteiger partial charge in [0, 0.05) is 5.56 Å². The summed E-state index contributed by atoms with van der Waals surface area (Å²) in [6, 6.07) is 5.87. The van der Waals surface area contributed by atoms with Crippen LogP contribution in [0.2, 0.25) is 0 Å². The Bertz CT molecular complexity index is 434. The van der Waals surface area contributed by atoms with Crippen molar-refractivity contribution in [2.24, 2.45) is 0 Å². The highest BCUT2D eigenvalue weighted by atomic mass is 16.5. The van der Waals surface area contributed by atoms with Crippen LogP contribution < -0.4 is 14.4 Å². The second-order valence-corrected chi connectivity index (χ2v) is 4.63. The lowest BCUT2D eigenvalue weighted by atomic mass is 10.2. The van der Waals surface area contributed by atoms with E-state index in [-0.39, 0.29) is 5.97 Å². The van der Waals surface area contributed by atoms with E-state index in [0.29, 0.717) is 13.0 Å². The zero-order chi connectivity index (χ0) is 15.0. The maximum Gasteiger partial charge on any atom is 0.311 e. The van der Waals surface area contributed by atoms with Gasteiger partial charge in [-0.1, -0.05) is 0 Å². The first-order valence-corrected chi connectivity index (χ1v) is 6.78. The molecule has 0 bridgehead atoms. The van der Waals surface area contributed by atoms with E-state index in [2.05, 4.69) is 7.05 Å². The Morgan fingerprint density at radius 1 is 1.20 bits per heavy atom. The Morgan fingerprint density at radius 3 is 2.50 bits per heavy atom. The molecule has 0 aliphatic heterocycles. The van der Waals surface area contributed by atoms with E-state index in [0.717, 1.165) is 30.2 Å². The summed E-state index contributed by atoms with van der Waals surface area (Å²) in [7, 11) is 5.29. The van der Waals surface area contributed by atoms with Crippen LogP contribution in [0.15, 0.2) is 18.2 Å². The van der Waals surface area contributed by atoms with E-state index in [1.165, 1.54) is 4.90 Å². The van der Waals surface area contributed by atoms with Gasteiger partial charge in [-0.2, -0.15) is 0 Å². The van der Waals surface area contributed by atoms with Crippen LogP contribution in [0.25, 0.3) is 0 Å². The van der Waals surface area contributed by atoms with Crippen molar-refractivity contribution in [3.63, 3.8) is 0 Å². The summed E-state index contributed by atoms with van der Waals surface area (Å²) in [5.74, 6) is 1.31. The van der Waals surface area contributed by atoms with Crippen LogP contribution >= 0.6 is 0 Å². The Morgan fingerprint density at radius 2 is 1.90 bits per heavy atom. The predicted molar refractivity (Wildman–Crippen MR) is 76.3 cm³/mol. The third kappa shape index (κ3) is 5.09. The molecule has 1 rings (SSSR count). The van der Waals surface area contributed by atoms with Crippen LogP contribution in [0.3, 0.4) is 0 Å². The lowest BCUT2D eigenvalue weighted by molar-refractivity contribution is -0.893. The molecule has 112 valence electrons. The summed E-state index contributed by atoms with van der Waals surface area (Å²) in [6.45, 7) is 3.82. The number of nitrogens with one attached hydrogen (secondary N) is 1. The molecule has 0 amide bonds. The van der Waals surface area contributed by atoms with Gasteiger partial charge in [-0.15, -0.1) is 0 Å². The summed E-state index contributed by atoms with van der Waals surface area (Å²) in [4.78, 5) is 12.6. The second-order valence-electron chi connectivity index (χ2n) is 4.63. The summed E-state index contributed by atoms with van der Waals surface area (Å²) in [5, 5.41) is 0. The van der Waals surface area contributed by atoms with E-state index < -0.39 is 0 Å².